The summed E-state index contributed by atoms with van der Waals surface area (Å²) >= 11 is 0. The molecule has 1 aromatic heterocycles. The van der Waals surface area contributed by atoms with Crippen LogP contribution < -0.4 is 4.72 Å². The van der Waals surface area contributed by atoms with Crippen molar-refractivity contribution < 1.29 is 22.7 Å². The third kappa shape index (κ3) is 2.80. The Morgan fingerprint density at radius 1 is 1.35 bits per heavy atom. The van der Waals surface area contributed by atoms with Crippen molar-refractivity contribution in [3.8, 4) is 0 Å². The third-order valence-corrected chi connectivity index (χ3v) is 3.92. The largest absolute Gasteiger partial charge is 0.478 e. The number of hydrogen-bond acceptors (Lipinski definition) is 3. The van der Waals surface area contributed by atoms with Crippen molar-refractivity contribution in [1.29, 1.82) is 0 Å². The van der Waals surface area contributed by atoms with Crippen LogP contribution in [0.4, 0.5) is 10.1 Å². The van der Waals surface area contributed by atoms with Gasteiger partial charge in [-0.25, -0.2) is 17.6 Å². The summed E-state index contributed by atoms with van der Waals surface area (Å²) in [5, 5.41) is 8.97. The van der Waals surface area contributed by atoms with E-state index in [9.17, 15) is 17.6 Å². The fourth-order valence-corrected chi connectivity index (χ4v) is 2.75. The number of hydrogen-bond donors (Lipinski definition) is 2. The lowest BCUT2D eigenvalue weighted by atomic mass is 10.2. The topological polar surface area (TPSA) is 88.4 Å². The maximum Gasteiger partial charge on any atom is 0.337 e. The Hall–Kier alpha value is -2.35. The van der Waals surface area contributed by atoms with Gasteiger partial charge in [0, 0.05) is 19.4 Å². The molecule has 8 heteroatoms. The molecular weight excluding hydrogens is 287 g/mol. The number of carboxylic acid groups (broad SMARTS) is 1. The molecule has 2 N–H and O–H groups in total. The molecule has 0 atom stereocenters. The van der Waals surface area contributed by atoms with Gasteiger partial charge in [-0.1, -0.05) is 0 Å². The van der Waals surface area contributed by atoms with Crippen LogP contribution >= 0.6 is 0 Å². The van der Waals surface area contributed by atoms with E-state index in [1.807, 2.05) is 0 Å². The molecule has 0 amide bonds. The van der Waals surface area contributed by atoms with Crippen LogP contribution in [0.15, 0.2) is 41.6 Å². The van der Waals surface area contributed by atoms with Crippen molar-refractivity contribution in [3.63, 3.8) is 0 Å². The molecule has 6 nitrogen and oxygen atoms in total. The molecule has 1 heterocycles. The number of carbonyl (C=O) groups is 1. The molecule has 0 radical (unpaired) electrons. The highest BCUT2D eigenvalue weighted by molar-refractivity contribution is 7.92. The van der Waals surface area contributed by atoms with E-state index >= 15 is 0 Å². The predicted octanol–water partition coefficient (Wildman–Crippen LogP) is 1.66. The Bertz CT molecular complexity index is 768. The number of aromatic carboxylic acids is 1. The second-order valence-corrected chi connectivity index (χ2v) is 5.80. The first-order chi connectivity index (χ1) is 9.29. The van der Waals surface area contributed by atoms with Crippen molar-refractivity contribution >= 4 is 21.7 Å². The van der Waals surface area contributed by atoms with E-state index in [0.29, 0.717) is 0 Å². The summed E-state index contributed by atoms with van der Waals surface area (Å²) < 4.78 is 40.9. The molecule has 0 saturated carbocycles. The molecule has 0 bridgehead atoms. The molecule has 2 aromatic rings. The smallest absolute Gasteiger partial charge is 0.337 e. The van der Waals surface area contributed by atoms with Gasteiger partial charge < -0.3 is 9.67 Å². The number of halogens is 1. The molecule has 1 aromatic carbocycles. The molecule has 0 fully saturated rings. The molecular formula is C12H11FN2O4S. The first-order valence-electron chi connectivity index (χ1n) is 5.47. The Labute approximate surface area is 114 Å². The number of carboxylic acids is 1. The van der Waals surface area contributed by atoms with Crippen LogP contribution in [-0.2, 0) is 17.1 Å². The third-order valence-electron chi connectivity index (χ3n) is 2.57. The standard InChI is InChI=1S/C12H11FN2O4S/c1-15-5-4-9(7-15)20(18,19)14-11-6-8(13)2-3-10(11)12(16)17/h2-7,14H,1H3,(H,16,17). The second-order valence-electron chi connectivity index (χ2n) is 4.11. The van der Waals surface area contributed by atoms with Crippen molar-refractivity contribution in [3.05, 3.63) is 48.0 Å². The second kappa shape index (κ2) is 4.97. The average Bonchev–Trinajstić information content (AvgIpc) is 2.75. The summed E-state index contributed by atoms with van der Waals surface area (Å²) in [4.78, 5) is 11.0. The Morgan fingerprint density at radius 3 is 2.60 bits per heavy atom. The van der Waals surface area contributed by atoms with Gasteiger partial charge in [-0.15, -0.1) is 0 Å². The number of sulfonamides is 1. The molecule has 106 valence electrons. The van der Waals surface area contributed by atoms with Crippen molar-refractivity contribution in [1.82, 2.24) is 4.57 Å². The number of rotatable bonds is 4. The molecule has 0 unspecified atom stereocenters. The zero-order valence-corrected chi connectivity index (χ0v) is 11.2. The van der Waals surface area contributed by atoms with Crippen molar-refractivity contribution in [2.45, 2.75) is 4.90 Å². The summed E-state index contributed by atoms with van der Waals surface area (Å²) in [6.07, 6.45) is 2.88. The quantitative estimate of drug-likeness (QED) is 0.898. The van der Waals surface area contributed by atoms with E-state index in [-0.39, 0.29) is 16.1 Å². The highest BCUT2D eigenvalue weighted by Crippen LogP contribution is 2.21. The van der Waals surface area contributed by atoms with Gasteiger partial charge in [-0.2, -0.15) is 0 Å². The molecule has 0 aliphatic heterocycles. The SMILES string of the molecule is Cn1ccc(S(=O)(=O)Nc2cc(F)ccc2C(=O)O)c1. The van der Waals surface area contributed by atoms with E-state index in [1.54, 1.807) is 7.05 Å². The molecule has 0 saturated heterocycles. The molecule has 0 aliphatic rings. The van der Waals surface area contributed by atoms with Gasteiger partial charge >= 0.3 is 5.97 Å². The number of aromatic nitrogens is 1. The highest BCUT2D eigenvalue weighted by Gasteiger charge is 2.19. The van der Waals surface area contributed by atoms with Crippen LogP contribution in [0.3, 0.4) is 0 Å². The predicted molar refractivity (Wildman–Crippen MR) is 69.6 cm³/mol. The summed E-state index contributed by atoms with van der Waals surface area (Å²) in [6.45, 7) is 0. The van der Waals surface area contributed by atoms with Gasteiger partial charge in [-0.05, 0) is 24.3 Å². The zero-order chi connectivity index (χ0) is 14.9. The fraction of sp³-hybridized carbons (Fsp3) is 0.0833. The van der Waals surface area contributed by atoms with Gasteiger partial charge in [0.1, 0.15) is 10.7 Å². The number of nitrogens with zero attached hydrogens (tertiary/aromatic N) is 1. The lowest BCUT2D eigenvalue weighted by molar-refractivity contribution is 0.0698. The van der Waals surface area contributed by atoms with Gasteiger partial charge in [0.05, 0.1) is 11.3 Å². The van der Waals surface area contributed by atoms with Crippen LogP contribution in [0.2, 0.25) is 0 Å². The molecule has 2 rings (SSSR count). The first kappa shape index (κ1) is 14.1. The van der Waals surface area contributed by atoms with E-state index < -0.39 is 21.8 Å². The van der Waals surface area contributed by atoms with Crippen LogP contribution in [0, 0.1) is 5.82 Å². The number of anilines is 1. The van der Waals surface area contributed by atoms with Gasteiger partial charge in [0.15, 0.2) is 0 Å². The Balaban J connectivity index is 2.44. The van der Waals surface area contributed by atoms with Crippen LogP contribution in [0.25, 0.3) is 0 Å². The molecule has 0 aliphatic carbocycles. The fourth-order valence-electron chi connectivity index (χ4n) is 1.63. The lowest BCUT2D eigenvalue weighted by Gasteiger charge is -2.09. The molecule has 0 spiro atoms. The van der Waals surface area contributed by atoms with Crippen LogP contribution in [0.5, 0.6) is 0 Å². The summed E-state index contributed by atoms with van der Waals surface area (Å²) in [6, 6.07) is 4.12. The first-order valence-corrected chi connectivity index (χ1v) is 6.95. The van der Waals surface area contributed by atoms with E-state index in [4.69, 9.17) is 5.11 Å². The van der Waals surface area contributed by atoms with Crippen molar-refractivity contribution in [2.75, 3.05) is 4.72 Å². The van der Waals surface area contributed by atoms with Gasteiger partial charge in [-0.3, -0.25) is 4.72 Å². The maximum absolute atomic E-state index is 13.2. The van der Waals surface area contributed by atoms with Gasteiger partial charge in [0.2, 0.25) is 0 Å². The monoisotopic (exact) mass is 298 g/mol. The lowest BCUT2D eigenvalue weighted by Crippen LogP contribution is -2.15. The highest BCUT2D eigenvalue weighted by atomic mass is 32.2. The van der Waals surface area contributed by atoms with Crippen LogP contribution in [0.1, 0.15) is 10.4 Å². The van der Waals surface area contributed by atoms with Crippen LogP contribution in [-0.4, -0.2) is 24.1 Å². The average molecular weight is 298 g/mol. The normalized spacial score (nSPS) is 11.3. The zero-order valence-electron chi connectivity index (χ0n) is 10.4. The van der Waals surface area contributed by atoms with E-state index in [0.717, 1.165) is 18.2 Å². The van der Waals surface area contributed by atoms with Gasteiger partial charge in [0.25, 0.3) is 10.0 Å². The summed E-state index contributed by atoms with van der Waals surface area (Å²) in [5.41, 5.74) is -0.646. The summed E-state index contributed by atoms with van der Waals surface area (Å²) in [5.74, 6) is -2.09. The number of benzene rings is 1. The van der Waals surface area contributed by atoms with E-state index in [2.05, 4.69) is 4.72 Å². The number of aryl methyl sites for hydroxylation is 1. The van der Waals surface area contributed by atoms with E-state index in [1.165, 1.54) is 23.0 Å². The number of nitrogens with one attached hydrogen (secondary N) is 1. The minimum absolute atomic E-state index is 0.0411. The Kier molecular flexibility index (Phi) is 3.49. The minimum Gasteiger partial charge on any atom is -0.478 e. The summed E-state index contributed by atoms with van der Waals surface area (Å²) in [7, 11) is -2.32. The van der Waals surface area contributed by atoms with Crippen molar-refractivity contribution in [2.24, 2.45) is 7.05 Å². The maximum atomic E-state index is 13.2. The Morgan fingerprint density at radius 2 is 2.05 bits per heavy atom. The molecule has 20 heavy (non-hydrogen) atoms. The minimum atomic E-state index is -3.97.